The molecule has 0 atom stereocenters. The number of methoxy groups -OCH3 is 1. The van der Waals surface area contributed by atoms with Crippen molar-refractivity contribution in [3.05, 3.63) is 91.0 Å². The maximum Gasteiger partial charge on any atom is 0.260 e. The lowest BCUT2D eigenvalue weighted by Crippen LogP contribution is -2.50. The van der Waals surface area contributed by atoms with E-state index in [2.05, 4.69) is 27.2 Å². The topological polar surface area (TPSA) is 67.8 Å². The van der Waals surface area contributed by atoms with Crippen LogP contribution in [-0.4, -0.2) is 60.9 Å². The van der Waals surface area contributed by atoms with Gasteiger partial charge >= 0.3 is 0 Å². The zero-order chi connectivity index (χ0) is 24.7. The Hall–Kier alpha value is -4.39. The molecule has 182 valence electrons. The first kappa shape index (κ1) is 23.4. The fourth-order valence-electron chi connectivity index (χ4n) is 4.23. The summed E-state index contributed by atoms with van der Waals surface area (Å²) >= 11 is 0. The zero-order valence-electron chi connectivity index (χ0n) is 20.2. The number of nitrogens with zero attached hydrogens (tertiary/aromatic N) is 4. The van der Waals surface area contributed by atoms with Crippen LogP contribution in [0.4, 0.5) is 5.82 Å². The second kappa shape index (κ2) is 10.9. The first-order valence-electron chi connectivity index (χ1n) is 12.0. The monoisotopic (exact) mass is 480 g/mol. The van der Waals surface area contributed by atoms with E-state index in [1.807, 2.05) is 83.8 Å². The molecule has 3 aromatic carbocycles. The Morgan fingerprint density at radius 1 is 0.750 bits per heavy atom. The molecule has 1 fully saturated rings. The lowest BCUT2D eigenvalue weighted by molar-refractivity contribution is -0.133. The Labute approximate surface area is 210 Å². The molecule has 0 saturated carbocycles. The van der Waals surface area contributed by atoms with Gasteiger partial charge < -0.3 is 19.3 Å². The summed E-state index contributed by atoms with van der Waals surface area (Å²) in [7, 11) is 1.65. The van der Waals surface area contributed by atoms with Gasteiger partial charge in [0.15, 0.2) is 12.4 Å². The van der Waals surface area contributed by atoms with Crippen LogP contribution in [0.3, 0.4) is 0 Å². The number of hydrogen-bond acceptors (Lipinski definition) is 6. The van der Waals surface area contributed by atoms with Crippen LogP contribution in [0, 0.1) is 0 Å². The minimum atomic E-state index is -0.0127. The van der Waals surface area contributed by atoms with E-state index >= 15 is 0 Å². The van der Waals surface area contributed by atoms with Gasteiger partial charge in [-0.15, -0.1) is 10.2 Å². The van der Waals surface area contributed by atoms with Gasteiger partial charge in [0.05, 0.1) is 12.8 Å². The second-order valence-electron chi connectivity index (χ2n) is 8.56. The van der Waals surface area contributed by atoms with Gasteiger partial charge in [-0.25, -0.2) is 0 Å². The van der Waals surface area contributed by atoms with E-state index < -0.39 is 0 Å². The van der Waals surface area contributed by atoms with E-state index in [4.69, 9.17) is 9.47 Å². The number of carbonyl (C=O) groups is 1. The zero-order valence-corrected chi connectivity index (χ0v) is 20.2. The number of carbonyl (C=O) groups excluding carboxylic acids is 1. The van der Waals surface area contributed by atoms with E-state index in [1.165, 1.54) is 0 Å². The Bertz CT molecular complexity index is 1290. The van der Waals surface area contributed by atoms with Crippen molar-refractivity contribution in [3.63, 3.8) is 0 Å². The summed E-state index contributed by atoms with van der Waals surface area (Å²) in [4.78, 5) is 16.7. The third kappa shape index (κ3) is 5.46. The van der Waals surface area contributed by atoms with Crippen molar-refractivity contribution in [2.24, 2.45) is 0 Å². The van der Waals surface area contributed by atoms with E-state index in [1.54, 1.807) is 7.11 Å². The number of anilines is 1. The van der Waals surface area contributed by atoms with Crippen molar-refractivity contribution in [1.82, 2.24) is 15.1 Å². The number of amides is 1. The molecule has 1 aromatic heterocycles. The predicted octanol–water partition coefficient (Wildman–Crippen LogP) is 4.55. The molecular formula is C29H28N4O3. The largest absolute Gasteiger partial charge is 0.497 e. The predicted molar refractivity (Wildman–Crippen MR) is 140 cm³/mol. The van der Waals surface area contributed by atoms with Gasteiger partial charge in [0.25, 0.3) is 5.91 Å². The van der Waals surface area contributed by atoms with Crippen molar-refractivity contribution in [2.75, 3.05) is 44.8 Å². The van der Waals surface area contributed by atoms with E-state index in [-0.39, 0.29) is 12.5 Å². The highest BCUT2D eigenvalue weighted by molar-refractivity contribution is 5.78. The fourth-order valence-corrected chi connectivity index (χ4v) is 4.23. The van der Waals surface area contributed by atoms with Crippen LogP contribution < -0.4 is 14.4 Å². The lowest BCUT2D eigenvalue weighted by Gasteiger charge is -2.35. The Balaban J connectivity index is 1.11. The molecule has 1 saturated heterocycles. The van der Waals surface area contributed by atoms with Gasteiger partial charge in [-0.3, -0.25) is 4.79 Å². The molecule has 1 amide bonds. The molecule has 0 radical (unpaired) electrons. The van der Waals surface area contributed by atoms with Gasteiger partial charge in [-0.1, -0.05) is 54.6 Å². The minimum absolute atomic E-state index is 0.0127. The first-order chi connectivity index (χ1) is 17.7. The van der Waals surface area contributed by atoms with Crippen LogP contribution >= 0.6 is 0 Å². The van der Waals surface area contributed by atoms with E-state index in [0.29, 0.717) is 31.9 Å². The molecule has 5 rings (SSSR count). The van der Waals surface area contributed by atoms with Gasteiger partial charge in [0.1, 0.15) is 11.5 Å². The number of aromatic nitrogens is 2. The molecule has 1 aliphatic rings. The molecule has 0 bridgehead atoms. The number of hydrogen-bond donors (Lipinski definition) is 0. The fraction of sp³-hybridized carbons (Fsp3) is 0.207. The average molecular weight is 481 g/mol. The van der Waals surface area contributed by atoms with Crippen molar-refractivity contribution in [1.29, 1.82) is 0 Å². The van der Waals surface area contributed by atoms with Crippen LogP contribution in [0.5, 0.6) is 11.5 Å². The first-order valence-corrected chi connectivity index (χ1v) is 12.0. The summed E-state index contributed by atoms with van der Waals surface area (Å²) < 4.78 is 11.0. The van der Waals surface area contributed by atoms with E-state index in [9.17, 15) is 4.79 Å². The summed E-state index contributed by atoms with van der Waals surface area (Å²) in [5.74, 6) is 2.27. The van der Waals surface area contributed by atoms with Crippen molar-refractivity contribution in [3.8, 4) is 33.9 Å². The Morgan fingerprint density at radius 3 is 2.17 bits per heavy atom. The summed E-state index contributed by atoms with van der Waals surface area (Å²) in [6, 6.07) is 29.7. The summed E-state index contributed by atoms with van der Waals surface area (Å²) in [5, 5.41) is 8.81. The van der Waals surface area contributed by atoms with Crippen LogP contribution in [-0.2, 0) is 4.79 Å². The average Bonchev–Trinajstić information content (AvgIpc) is 2.97. The van der Waals surface area contributed by atoms with Gasteiger partial charge in [0.2, 0.25) is 0 Å². The molecule has 1 aliphatic heterocycles. The van der Waals surface area contributed by atoms with Crippen LogP contribution in [0.2, 0.25) is 0 Å². The summed E-state index contributed by atoms with van der Waals surface area (Å²) in [5.41, 5.74) is 4.02. The number of rotatable bonds is 7. The van der Waals surface area contributed by atoms with Crippen LogP contribution in [0.25, 0.3) is 22.4 Å². The third-order valence-electron chi connectivity index (χ3n) is 6.30. The molecule has 7 heteroatoms. The molecule has 0 unspecified atom stereocenters. The molecule has 4 aromatic rings. The maximum absolute atomic E-state index is 12.7. The van der Waals surface area contributed by atoms with Crippen molar-refractivity contribution < 1.29 is 14.3 Å². The number of ether oxygens (including phenoxy) is 2. The minimum Gasteiger partial charge on any atom is -0.497 e. The molecular weight excluding hydrogens is 452 g/mol. The number of piperazine rings is 1. The second-order valence-corrected chi connectivity index (χ2v) is 8.56. The molecule has 7 nitrogen and oxygen atoms in total. The molecule has 0 spiro atoms. The summed E-state index contributed by atoms with van der Waals surface area (Å²) in [6.07, 6.45) is 0. The lowest BCUT2D eigenvalue weighted by atomic mass is 10.1. The highest BCUT2D eigenvalue weighted by atomic mass is 16.5. The SMILES string of the molecule is COc1cccc(-c2ccc(N3CCN(C(=O)COc4ccc(-c5ccccc5)cc4)CC3)nn2)c1. The van der Waals surface area contributed by atoms with Crippen molar-refractivity contribution >= 4 is 11.7 Å². The normalized spacial score (nSPS) is 13.4. The van der Waals surface area contributed by atoms with Gasteiger partial charge in [-0.05, 0) is 47.5 Å². The quantitative estimate of drug-likeness (QED) is 0.387. The molecule has 0 aliphatic carbocycles. The molecule has 0 N–H and O–H groups in total. The highest BCUT2D eigenvalue weighted by Gasteiger charge is 2.22. The number of benzene rings is 3. The highest BCUT2D eigenvalue weighted by Crippen LogP contribution is 2.24. The van der Waals surface area contributed by atoms with Crippen LogP contribution in [0.15, 0.2) is 91.0 Å². The molecule has 36 heavy (non-hydrogen) atoms. The van der Waals surface area contributed by atoms with Gasteiger partial charge in [-0.2, -0.15) is 0 Å². The van der Waals surface area contributed by atoms with E-state index in [0.717, 1.165) is 34.0 Å². The molecule has 2 heterocycles. The Morgan fingerprint density at radius 2 is 1.47 bits per heavy atom. The third-order valence-corrected chi connectivity index (χ3v) is 6.30. The van der Waals surface area contributed by atoms with Crippen molar-refractivity contribution in [2.45, 2.75) is 0 Å². The Kier molecular flexibility index (Phi) is 7.07. The summed E-state index contributed by atoms with van der Waals surface area (Å²) in [6.45, 7) is 2.66. The van der Waals surface area contributed by atoms with Crippen LogP contribution in [0.1, 0.15) is 0 Å². The van der Waals surface area contributed by atoms with Gasteiger partial charge in [0, 0.05) is 31.7 Å². The maximum atomic E-state index is 12.7. The smallest absolute Gasteiger partial charge is 0.260 e. The standard InChI is InChI=1S/C29H28N4O3/c1-35-26-9-5-8-24(20-26)27-14-15-28(31-30-27)32-16-18-33(19-17-32)29(34)21-36-25-12-10-23(11-13-25)22-6-3-2-4-7-22/h2-15,20H,16-19,21H2,1H3.